The molecule has 0 aromatic carbocycles. The number of fused-ring (bicyclic) bond motifs is 7. The molecule has 0 radical (unpaired) electrons. The van der Waals surface area contributed by atoms with Crippen LogP contribution in [-0.2, 0) is 19.1 Å². The van der Waals surface area contributed by atoms with Gasteiger partial charge in [-0.1, -0.05) is 48.5 Å². The van der Waals surface area contributed by atoms with Crippen LogP contribution in [0.3, 0.4) is 0 Å². The van der Waals surface area contributed by atoms with E-state index in [4.69, 9.17) is 4.74 Å². The number of esters is 1. The summed E-state index contributed by atoms with van der Waals surface area (Å²) in [7, 11) is 1.52. The number of hydrogen-bond acceptors (Lipinski definition) is 4. The van der Waals surface area contributed by atoms with Crippen LogP contribution in [0, 0.1) is 56.2 Å². The lowest BCUT2D eigenvalue weighted by Crippen LogP contribution is -2.69. The third-order valence-corrected chi connectivity index (χ3v) is 13.4. The van der Waals surface area contributed by atoms with Gasteiger partial charge in [-0.15, -0.1) is 0 Å². The highest BCUT2D eigenvalue weighted by molar-refractivity contribution is 5.88. The van der Waals surface area contributed by atoms with Crippen LogP contribution in [0.15, 0.2) is 0 Å². The maximum absolute atomic E-state index is 14.4. The molecule has 35 heavy (non-hydrogen) atoms. The van der Waals surface area contributed by atoms with Crippen LogP contribution in [0.2, 0.25) is 0 Å². The zero-order chi connectivity index (χ0) is 25.8. The third-order valence-electron chi connectivity index (χ3n) is 13.4. The molecule has 8 atom stereocenters. The molecule has 0 saturated heterocycles. The van der Waals surface area contributed by atoms with Crippen molar-refractivity contribution >= 4 is 17.5 Å². The van der Waals surface area contributed by atoms with Crippen molar-refractivity contribution in [3.63, 3.8) is 0 Å². The Balaban J connectivity index is 1.60. The van der Waals surface area contributed by atoms with Crippen molar-refractivity contribution in [3.8, 4) is 0 Å². The van der Waals surface area contributed by atoms with Crippen molar-refractivity contribution in [2.24, 2.45) is 56.2 Å². The Morgan fingerprint density at radius 3 is 2.14 bits per heavy atom. The van der Waals surface area contributed by atoms with Crippen molar-refractivity contribution in [2.45, 2.75) is 113 Å². The van der Waals surface area contributed by atoms with Crippen LogP contribution in [0.4, 0.5) is 0 Å². The second-order valence-corrected chi connectivity index (χ2v) is 15.4. The number of carbonyl (C=O) groups excluding carboxylic acids is 3. The lowest BCUT2D eigenvalue weighted by molar-refractivity contribution is -0.236. The van der Waals surface area contributed by atoms with Crippen LogP contribution in [0.25, 0.3) is 0 Å². The SMILES string of the molecule is COC(=O)[C@]12CCC(C)(C)CC1C1C(=O)CC3[C@@]4(C)CCC(=O)C(C)(C)C4CC[C@@]3(C)[C@]1(C)CC2. The fourth-order valence-corrected chi connectivity index (χ4v) is 11.1. The molecule has 5 fully saturated rings. The van der Waals surface area contributed by atoms with Crippen molar-refractivity contribution in [1.82, 2.24) is 0 Å². The maximum atomic E-state index is 14.4. The minimum Gasteiger partial charge on any atom is -0.469 e. The van der Waals surface area contributed by atoms with E-state index in [1.165, 1.54) is 7.11 Å². The molecule has 196 valence electrons. The van der Waals surface area contributed by atoms with Gasteiger partial charge in [0.1, 0.15) is 11.6 Å². The maximum Gasteiger partial charge on any atom is 0.312 e. The molecule has 5 rings (SSSR count). The Morgan fingerprint density at radius 1 is 0.829 bits per heavy atom. The summed E-state index contributed by atoms with van der Waals surface area (Å²) in [5.41, 5.74) is -0.755. The molecule has 0 aromatic rings. The van der Waals surface area contributed by atoms with Gasteiger partial charge in [-0.05, 0) is 90.8 Å². The average Bonchev–Trinajstić information content (AvgIpc) is 2.77. The van der Waals surface area contributed by atoms with E-state index < -0.39 is 5.41 Å². The van der Waals surface area contributed by atoms with Gasteiger partial charge in [0.15, 0.2) is 0 Å². The molecule has 5 aliphatic rings. The zero-order valence-corrected chi connectivity index (χ0v) is 23.5. The lowest BCUT2D eigenvalue weighted by atomic mass is 9.31. The largest absolute Gasteiger partial charge is 0.469 e. The number of ketones is 2. The van der Waals surface area contributed by atoms with Crippen molar-refractivity contribution < 1.29 is 19.1 Å². The second kappa shape index (κ2) is 7.44. The van der Waals surface area contributed by atoms with Crippen LogP contribution < -0.4 is 0 Å². The summed E-state index contributed by atoms with van der Waals surface area (Å²) in [6.07, 6.45) is 8.86. The van der Waals surface area contributed by atoms with Gasteiger partial charge in [-0.2, -0.15) is 0 Å². The highest BCUT2D eigenvalue weighted by Gasteiger charge is 2.73. The van der Waals surface area contributed by atoms with E-state index in [1.54, 1.807) is 0 Å². The smallest absolute Gasteiger partial charge is 0.312 e. The number of carbonyl (C=O) groups is 3. The molecule has 0 bridgehead atoms. The average molecular weight is 485 g/mol. The van der Waals surface area contributed by atoms with E-state index in [0.29, 0.717) is 36.2 Å². The fraction of sp³-hybridized carbons (Fsp3) is 0.903. The van der Waals surface area contributed by atoms with Gasteiger partial charge in [0.05, 0.1) is 12.5 Å². The summed E-state index contributed by atoms with van der Waals surface area (Å²) in [4.78, 5) is 40.7. The zero-order valence-electron chi connectivity index (χ0n) is 23.5. The highest BCUT2D eigenvalue weighted by atomic mass is 16.5. The van der Waals surface area contributed by atoms with Crippen LogP contribution in [0.5, 0.6) is 0 Å². The monoisotopic (exact) mass is 484 g/mol. The third kappa shape index (κ3) is 3.06. The minimum absolute atomic E-state index is 0.0107. The molecular weight excluding hydrogens is 436 g/mol. The normalized spacial score (nSPS) is 50.3. The topological polar surface area (TPSA) is 60.4 Å². The molecule has 4 nitrogen and oxygen atoms in total. The van der Waals surface area contributed by atoms with E-state index >= 15 is 0 Å². The summed E-state index contributed by atoms with van der Waals surface area (Å²) in [6, 6.07) is 0. The highest BCUT2D eigenvalue weighted by Crippen LogP contribution is 2.76. The number of methoxy groups -OCH3 is 1. The lowest BCUT2D eigenvalue weighted by Gasteiger charge is -2.72. The molecule has 0 aromatic heterocycles. The minimum atomic E-state index is -0.506. The summed E-state index contributed by atoms with van der Waals surface area (Å²) in [5.74, 6) is 1.35. The first kappa shape index (κ1) is 25.5. The van der Waals surface area contributed by atoms with Crippen molar-refractivity contribution in [2.75, 3.05) is 7.11 Å². The molecule has 5 aliphatic carbocycles. The Labute approximate surface area is 212 Å². The van der Waals surface area contributed by atoms with Gasteiger partial charge in [0.2, 0.25) is 0 Å². The quantitative estimate of drug-likeness (QED) is 0.385. The summed E-state index contributed by atoms with van der Waals surface area (Å²) in [6.45, 7) is 16.2. The fourth-order valence-electron chi connectivity index (χ4n) is 11.1. The molecule has 0 N–H and O–H groups in total. The Hall–Kier alpha value is -1.19. The first-order valence-electron chi connectivity index (χ1n) is 14.2. The van der Waals surface area contributed by atoms with Crippen LogP contribution in [-0.4, -0.2) is 24.6 Å². The standard InChI is InChI=1S/C31H48O4/c1-26(2)13-15-31(25(34)35-8)16-14-30(7)24(19(31)18-26)20(32)17-22-28(5)11-10-23(33)27(3,4)21(28)9-12-29(22,30)6/h19,21-22,24H,9-18H2,1-8H3/t19?,21?,22?,24?,28-,29+,30+,31-/m0/s1. The summed E-state index contributed by atoms with van der Waals surface area (Å²) < 4.78 is 5.44. The Morgan fingerprint density at radius 2 is 1.49 bits per heavy atom. The van der Waals surface area contributed by atoms with Gasteiger partial charge in [0.25, 0.3) is 0 Å². The first-order valence-corrected chi connectivity index (χ1v) is 14.2. The van der Waals surface area contributed by atoms with Crippen LogP contribution in [0.1, 0.15) is 113 Å². The summed E-state index contributed by atoms with van der Waals surface area (Å²) in [5, 5.41) is 0. The number of hydrogen-bond donors (Lipinski definition) is 0. The predicted molar refractivity (Wildman–Crippen MR) is 136 cm³/mol. The molecular formula is C31H48O4. The second-order valence-electron chi connectivity index (χ2n) is 15.4. The van der Waals surface area contributed by atoms with Crippen molar-refractivity contribution in [3.05, 3.63) is 0 Å². The Bertz CT molecular complexity index is 963. The van der Waals surface area contributed by atoms with Gasteiger partial charge in [-0.25, -0.2) is 0 Å². The Kier molecular flexibility index (Phi) is 5.41. The van der Waals surface area contributed by atoms with E-state index in [0.717, 1.165) is 51.4 Å². The predicted octanol–water partition coefficient (Wildman–Crippen LogP) is 6.79. The number of Topliss-reactive ketones (excluding diaryl/α,β-unsaturated/α-hetero) is 2. The number of ether oxygens (including phenoxy) is 1. The van der Waals surface area contributed by atoms with E-state index in [2.05, 4.69) is 48.5 Å². The van der Waals surface area contributed by atoms with Gasteiger partial charge >= 0.3 is 5.97 Å². The molecule has 5 saturated carbocycles. The van der Waals surface area contributed by atoms with Crippen molar-refractivity contribution in [1.29, 1.82) is 0 Å². The molecule has 0 amide bonds. The van der Waals surface area contributed by atoms with Gasteiger partial charge in [0, 0.05) is 24.2 Å². The molecule has 4 unspecified atom stereocenters. The van der Waals surface area contributed by atoms with E-state index in [9.17, 15) is 14.4 Å². The molecule has 0 spiro atoms. The molecule has 0 aliphatic heterocycles. The summed E-state index contributed by atoms with van der Waals surface area (Å²) >= 11 is 0. The molecule has 4 heteroatoms. The van der Waals surface area contributed by atoms with E-state index in [1.807, 2.05) is 0 Å². The van der Waals surface area contributed by atoms with Gasteiger partial charge in [-0.3, -0.25) is 14.4 Å². The van der Waals surface area contributed by atoms with Crippen LogP contribution >= 0.6 is 0 Å². The molecule has 0 heterocycles. The number of rotatable bonds is 1. The first-order chi connectivity index (χ1) is 16.1. The van der Waals surface area contributed by atoms with Gasteiger partial charge < -0.3 is 4.74 Å². The van der Waals surface area contributed by atoms with E-state index in [-0.39, 0.29) is 44.9 Å².